The molecule has 0 radical (unpaired) electrons. The second-order valence-electron chi connectivity index (χ2n) is 4.70. The fraction of sp³-hybridized carbons (Fsp3) is 0.467. The van der Waals surface area contributed by atoms with E-state index in [1.54, 1.807) is 0 Å². The first-order valence-corrected chi connectivity index (χ1v) is 7.21. The van der Waals surface area contributed by atoms with Gasteiger partial charge in [-0.05, 0) is 12.0 Å². The number of benzene rings is 1. The predicted octanol–water partition coefficient (Wildman–Crippen LogP) is 1.96. The second kappa shape index (κ2) is 10.3. The molecule has 120 valence electrons. The van der Waals surface area contributed by atoms with E-state index < -0.39 is 18.0 Å². The molecule has 7 heteroatoms. The van der Waals surface area contributed by atoms with Crippen LogP contribution in [0.2, 0.25) is 0 Å². The van der Waals surface area contributed by atoms with Gasteiger partial charge in [0.1, 0.15) is 12.6 Å². The number of nitroso groups, excluding NO2 is 1. The lowest BCUT2D eigenvalue weighted by Gasteiger charge is -2.15. The number of ether oxygens (including phenoxy) is 1. The number of nitrogens with one attached hydrogen (secondary N) is 2. The Balaban J connectivity index is 2.45. The maximum Gasteiger partial charge on any atom is 0.407 e. The van der Waals surface area contributed by atoms with E-state index in [0.29, 0.717) is 6.54 Å². The number of hydrogen-bond donors (Lipinski definition) is 2. The molecule has 0 fully saturated rings. The van der Waals surface area contributed by atoms with Gasteiger partial charge in [-0.2, -0.15) is 4.91 Å². The third-order valence-corrected chi connectivity index (χ3v) is 2.91. The molecule has 22 heavy (non-hydrogen) atoms. The average Bonchev–Trinajstić information content (AvgIpc) is 2.53. The van der Waals surface area contributed by atoms with Crippen LogP contribution in [0.1, 0.15) is 25.3 Å². The van der Waals surface area contributed by atoms with Crippen molar-refractivity contribution in [3.63, 3.8) is 0 Å². The minimum Gasteiger partial charge on any atom is -0.450 e. The SMILES string of the molecule is CCCCOC(=O)NC(CN=O)C(=O)NCc1ccccc1. The highest BCUT2D eigenvalue weighted by atomic mass is 16.5. The van der Waals surface area contributed by atoms with Crippen LogP contribution in [0.15, 0.2) is 35.5 Å². The van der Waals surface area contributed by atoms with E-state index in [1.807, 2.05) is 37.3 Å². The van der Waals surface area contributed by atoms with Gasteiger partial charge >= 0.3 is 6.09 Å². The lowest BCUT2D eigenvalue weighted by molar-refractivity contribution is -0.123. The summed E-state index contributed by atoms with van der Waals surface area (Å²) in [5.41, 5.74) is 0.916. The van der Waals surface area contributed by atoms with Crippen molar-refractivity contribution >= 4 is 12.0 Å². The minimum absolute atomic E-state index is 0.273. The molecule has 7 nitrogen and oxygen atoms in total. The minimum atomic E-state index is -1.03. The third-order valence-electron chi connectivity index (χ3n) is 2.91. The van der Waals surface area contributed by atoms with E-state index in [9.17, 15) is 14.5 Å². The zero-order chi connectivity index (χ0) is 16.2. The maximum atomic E-state index is 12.0. The van der Waals surface area contributed by atoms with Gasteiger partial charge in [0, 0.05) is 6.54 Å². The summed E-state index contributed by atoms with van der Waals surface area (Å²) >= 11 is 0. The molecule has 0 aliphatic heterocycles. The van der Waals surface area contributed by atoms with Crippen molar-refractivity contribution in [1.29, 1.82) is 0 Å². The average molecular weight is 307 g/mol. The van der Waals surface area contributed by atoms with E-state index in [2.05, 4.69) is 15.8 Å². The third kappa shape index (κ3) is 6.83. The molecular formula is C15H21N3O4. The van der Waals surface area contributed by atoms with Crippen LogP contribution in [0.5, 0.6) is 0 Å². The summed E-state index contributed by atoms with van der Waals surface area (Å²) in [7, 11) is 0. The van der Waals surface area contributed by atoms with Gasteiger partial charge in [-0.1, -0.05) is 48.9 Å². The van der Waals surface area contributed by atoms with Crippen molar-refractivity contribution in [1.82, 2.24) is 10.6 Å². The molecular weight excluding hydrogens is 286 g/mol. The van der Waals surface area contributed by atoms with Crippen LogP contribution in [-0.2, 0) is 16.1 Å². The molecule has 2 amide bonds. The molecule has 2 N–H and O–H groups in total. The number of alkyl carbamates (subject to hydrolysis) is 1. The fourth-order valence-electron chi connectivity index (χ4n) is 1.67. The zero-order valence-electron chi connectivity index (χ0n) is 12.6. The van der Waals surface area contributed by atoms with Crippen molar-refractivity contribution in [3.05, 3.63) is 40.8 Å². The number of rotatable bonds is 9. The van der Waals surface area contributed by atoms with Crippen LogP contribution in [-0.4, -0.2) is 31.2 Å². The Morgan fingerprint density at radius 2 is 2.00 bits per heavy atom. The molecule has 0 saturated carbocycles. The Morgan fingerprint density at radius 1 is 1.27 bits per heavy atom. The Kier molecular flexibility index (Phi) is 8.25. The van der Waals surface area contributed by atoms with Crippen LogP contribution in [0, 0.1) is 4.91 Å². The zero-order valence-corrected chi connectivity index (χ0v) is 12.6. The van der Waals surface area contributed by atoms with Crippen LogP contribution < -0.4 is 10.6 Å². The summed E-state index contributed by atoms with van der Waals surface area (Å²) in [6.07, 6.45) is 0.908. The first-order chi connectivity index (χ1) is 10.7. The standard InChI is InChI=1S/C15H21N3O4/c1-2-3-9-22-15(20)18-13(11-17-21)14(19)16-10-12-7-5-4-6-8-12/h4-8,13H,2-3,9-11H2,1H3,(H,16,19)(H,18,20). The van der Waals surface area contributed by atoms with Gasteiger partial charge in [0.15, 0.2) is 0 Å². The van der Waals surface area contributed by atoms with Gasteiger partial charge in [0.2, 0.25) is 5.91 Å². The Bertz CT molecular complexity index is 479. The van der Waals surface area contributed by atoms with Crippen molar-refractivity contribution in [2.75, 3.05) is 13.2 Å². The van der Waals surface area contributed by atoms with Gasteiger partial charge in [-0.25, -0.2) is 4.79 Å². The van der Waals surface area contributed by atoms with E-state index in [0.717, 1.165) is 18.4 Å². The quantitative estimate of drug-likeness (QED) is 0.538. The van der Waals surface area contributed by atoms with Crippen LogP contribution in [0.25, 0.3) is 0 Å². The fourth-order valence-corrected chi connectivity index (χ4v) is 1.67. The van der Waals surface area contributed by atoms with E-state index >= 15 is 0 Å². The molecule has 1 aromatic carbocycles. The molecule has 0 aliphatic rings. The molecule has 1 unspecified atom stereocenters. The molecule has 1 rings (SSSR count). The molecule has 0 bridgehead atoms. The van der Waals surface area contributed by atoms with Crippen molar-refractivity contribution < 1.29 is 14.3 Å². The summed E-state index contributed by atoms with van der Waals surface area (Å²) < 4.78 is 4.90. The largest absolute Gasteiger partial charge is 0.450 e. The second-order valence-corrected chi connectivity index (χ2v) is 4.70. The summed E-state index contributed by atoms with van der Waals surface area (Å²) in [5.74, 6) is -0.476. The Hall–Kier alpha value is -2.44. The van der Waals surface area contributed by atoms with Crippen LogP contribution in [0.4, 0.5) is 4.79 Å². The normalized spacial score (nSPS) is 11.3. The first kappa shape index (κ1) is 17.6. The smallest absolute Gasteiger partial charge is 0.407 e. The molecule has 0 aromatic heterocycles. The van der Waals surface area contributed by atoms with Gasteiger partial charge < -0.3 is 15.4 Å². The monoisotopic (exact) mass is 307 g/mol. The first-order valence-electron chi connectivity index (χ1n) is 7.21. The maximum absolute atomic E-state index is 12.0. The molecule has 0 aliphatic carbocycles. The highest BCUT2D eigenvalue weighted by Gasteiger charge is 2.21. The number of hydrogen-bond acceptors (Lipinski definition) is 5. The van der Waals surface area contributed by atoms with Gasteiger partial charge in [-0.15, -0.1) is 0 Å². The summed E-state index contributed by atoms with van der Waals surface area (Å²) in [6.45, 7) is 2.21. The van der Waals surface area contributed by atoms with Crippen molar-refractivity contribution in [2.24, 2.45) is 5.18 Å². The number of amides is 2. The lowest BCUT2D eigenvalue weighted by Crippen LogP contribution is -2.48. The highest BCUT2D eigenvalue weighted by Crippen LogP contribution is 1.98. The van der Waals surface area contributed by atoms with Gasteiger partial charge in [0.05, 0.1) is 6.61 Å². The van der Waals surface area contributed by atoms with Gasteiger partial charge in [0.25, 0.3) is 0 Å². The molecule has 1 atom stereocenters. The lowest BCUT2D eigenvalue weighted by atomic mass is 10.2. The molecule has 0 heterocycles. The van der Waals surface area contributed by atoms with Crippen molar-refractivity contribution in [3.8, 4) is 0 Å². The van der Waals surface area contributed by atoms with E-state index in [4.69, 9.17) is 4.74 Å². The van der Waals surface area contributed by atoms with Gasteiger partial charge in [-0.3, -0.25) is 4.79 Å². The van der Waals surface area contributed by atoms with Crippen LogP contribution >= 0.6 is 0 Å². The number of unbranched alkanes of at least 4 members (excludes halogenated alkanes) is 1. The predicted molar refractivity (Wildman–Crippen MR) is 82.1 cm³/mol. The van der Waals surface area contributed by atoms with E-state index in [-0.39, 0.29) is 13.2 Å². The van der Waals surface area contributed by atoms with Crippen LogP contribution in [0.3, 0.4) is 0 Å². The molecule has 1 aromatic rings. The Labute approximate surface area is 129 Å². The highest BCUT2D eigenvalue weighted by molar-refractivity contribution is 5.85. The Morgan fingerprint density at radius 3 is 2.64 bits per heavy atom. The summed E-state index contributed by atoms with van der Waals surface area (Å²) in [5, 5.41) is 7.67. The van der Waals surface area contributed by atoms with E-state index in [1.165, 1.54) is 0 Å². The summed E-state index contributed by atoms with van der Waals surface area (Å²) in [6, 6.07) is 8.28. The van der Waals surface area contributed by atoms with Crippen molar-refractivity contribution in [2.45, 2.75) is 32.4 Å². The molecule has 0 spiro atoms. The summed E-state index contributed by atoms with van der Waals surface area (Å²) in [4.78, 5) is 33.9. The number of nitrogens with zero attached hydrogens (tertiary/aromatic N) is 1. The number of carbonyl (C=O) groups is 2. The number of carbonyl (C=O) groups excluding carboxylic acids is 2. The topological polar surface area (TPSA) is 96.9 Å². The molecule has 0 saturated heterocycles.